The molecule has 0 aromatic carbocycles. The largest absolute Gasteiger partial charge is 0.496 e. The molecule has 0 atom stereocenters. The smallest absolute Gasteiger partial charge is 0.254 e. The van der Waals surface area contributed by atoms with E-state index in [0.717, 1.165) is 5.69 Å². The second-order valence-corrected chi connectivity index (χ2v) is 3.73. The maximum atomic E-state index is 11.7. The average molecular weight is 238 g/mol. The van der Waals surface area contributed by atoms with Crippen molar-refractivity contribution in [2.45, 2.75) is 26.8 Å². The molecule has 1 N–H and O–H groups in total. The van der Waals surface area contributed by atoms with Crippen LogP contribution >= 0.6 is 0 Å². The molecule has 94 valence electrons. The first-order valence-corrected chi connectivity index (χ1v) is 5.60. The van der Waals surface area contributed by atoms with Gasteiger partial charge in [0.1, 0.15) is 5.75 Å². The van der Waals surface area contributed by atoms with Gasteiger partial charge in [-0.1, -0.05) is 6.92 Å². The van der Waals surface area contributed by atoms with Crippen molar-refractivity contribution in [3.05, 3.63) is 28.2 Å². The fourth-order valence-electron chi connectivity index (χ4n) is 1.54. The molecule has 1 aromatic heterocycles. The van der Waals surface area contributed by atoms with Crippen LogP contribution in [-0.4, -0.2) is 24.1 Å². The number of aryl methyl sites for hydroxylation is 1. The van der Waals surface area contributed by atoms with Crippen molar-refractivity contribution in [3.8, 4) is 5.75 Å². The molecular formula is C12H18N2O3. The number of carbonyl (C=O) groups excluding carboxylic acids is 1. The number of rotatable bonds is 5. The Morgan fingerprint density at radius 2 is 2.18 bits per heavy atom. The number of hydrogen-bond acceptors (Lipinski definition) is 3. The van der Waals surface area contributed by atoms with Crippen molar-refractivity contribution in [1.82, 2.24) is 9.88 Å². The van der Waals surface area contributed by atoms with E-state index >= 15 is 0 Å². The van der Waals surface area contributed by atoms with E-state index in [1.807, 2.05) is 6.92 Å². The molecule has 0 aliphatic heterocycles. The highest BCUT2D eigenvalue weighted by Crippen LogP contribution is 2.08. The highest BCUT2D eigenvalue weighted by Gasteiger charge is 2.04. The van der Waals surface area contributed by atoms with Crippen molar-refractivity contribution >= 4 is 5.91 Å². The van der Waals surface area contributed by atoms with Gasteiger partial charge in [-0.2, -0.15) is 0 Å². The topological polar surface area (TPSA) is 60.3 Å². The molecule has 17 heavy (non-hydrogen) atoms. The van der Waals surface area contributed by atoms with Crippen LogP contribution in [0.2, 0.25) is 0 Å². The van der Waals surface area contributed by atoms with Gasteiger partial charge in [-0.25, -0.2) is 0 Å². The second kappa shape index (κ2) is 6.08. The number of methoxy groups -OCH3 is 1. The van der Waals surface area contributed by atoms with Crippen LogP contribution in [0.1, 0.15) is 19.0 Å². The Morgan fingerprint density at radius 3 is 2.71 bits per heavy atom. The number of aromatic nitrogens is 1. The van der Waals surface area contributed by atoms with E-state index in [1.165, 1.54) is 13.2 Å². The first kappa shape index (κ1) is 13.3. The minimum Gasteiger partial charge on any atom is -0.496 e. The number of nitrogens with one attached hydrogen (secondary N) is 1. The highest BCUT2D eigenvalue weighted by atomic mass is 16.5. The third kappa shape index (κ3) is 3.62. The lowest BCUT2D eigenvalue weighted by Crippen LogP contribution is -2.31. The van der Waals surface area contributed by atoms with E-state index in [-0.39, 0.29) is 11.5 Å². The summed E-state index contributed by atoms with van der Waals surface area (Å²) in [7, 11) is 1.53. The Labute approximate surface area is 100 Å². The fourth-order valence-corrected chi connectivity index (χ4v) is 1.54. The van der Waals surface area contributed by atoms with E-state index < -0.39 is 0 Å². The summed E-state index contributed by atoms with van der Waals surface area (Å²) in [5.41, 5.74) is 0.702. The van der Waals surface area contributed by atoms with Gasteiger partial charge in [0, 0.05) is 31.3 Å². The Hall–Kier alpha value is -1.78. The van der Waals surface area contributed by atoms with Gasteiger partial charge in [0.05, 0.1) is 7.11 Å². The predicted octanol–water partition coefficient (Wildman–Crippen LogP) is 0.692. The van der Waals surface area contributed by atoms with Crippen molar-refractivity contribution in [3.63, 3.8) is 0 Å². The SMILES string of the molecule is CCC(=O)NCCn1c(C)cc(OC)cc1=O. The van der Waals surface area contributed by atoms with E-state index in [1.54, 1.807) is 17.6 Å². The number of hydrogen-bond donors (Lipinski definition) is 1. The molecule has 0 spiro atoms. The van der Waals surface area contributed by atoms with E-state index in [9.17, 15) is 9.59 Å². The molecule has 5 heteroatoms. The van der Waals surface area contributed by atoms with Crippen molar-refractivity contribution in [2.24, 2.45) is 0 Å². The third-order valence-electron chi connectivity index (χ3n) is 2.52. The number of ether oxygens (including phenoxy) is 1. The van der Waals surface area contributed by atoms with Crippen LogP contribution in [0.15, 0.2) is 16.9 Å². The van der Waals surface area contributed by atoms with Crippen LogP contribution in [0.25, 0.3) is 0 Å². The Balaban J connectivity index is 2.72. The molecule has 0 unspecified atom stereocenters. The summed E-state index contributed by atoms with van der Waals surface area (Å²) in [6.45, 7) is 4.56. The zero-order valence-electron chi connectivity index (χ0n) is 10.4. The molecule has 1 heterocycles. The minimum atomic E-state index is -0.118. The Morgan fingerprint density at radius 1 is 1.47 bits per heavy atom. The van der Waals surface area contributed by atoms with Gasteiger partial charge in [-0.15, -0.1) is 0 Å². The van der Waals surface area contributed by atoms with Crippen LogP contribution in [0, 0.1) is 6.92 Å². The molecule has 0 aliphatic rings. The van der Waals surface area contributed by atoms with E-state index in [4.69, 9.17) is 4.74 Å². The average Bonchev–Trinajstić information content (AvgIpc) is 2.31. The van der Waals surface area contributed by atoms with Gasteiger partial charge >= 0.3 is 0 Å². The van der Waals surface area contributed by atoms with Crippen molar-refractivity contribution < 1.29 is 9.53 Å². The van der Waals surface area contributed by atoms with Gasteiger partial charge in [-0.05, 0) is 13.0 Å². The molecule has 1 rings (SSSR count). The normalized spacial score (nSPS) is 10.1. The molecule has 0 aliphatic carbocycles. The first-order valence-electron chi connectivity index (χ1n) is 5.60. The fraction of sp³-hybridized carbons (Fsp3) is 0.500. The zero-order valence-corrected chi connectivity index (χ0v) is 10.4. The summed E-state index contributed by atoms with van der Waals surface area (Å²) in [6, 6.07) is 3.23. The number of pyridine rings is 1. The summed E-state index contributed by atoms with van der Waals surface area (Å²) in [5.74, 6) is 0.547. The Kier molecular flexibility index (Phi) is 4.75. The van der Waals surface area contributed by atoms with Crippen LogP contribution in [0.4, 0.5) is 0 Å². The maximum absolute atomic E-state index is 11.7. The second-order valence-electron chi connectivity index (χ2n) is 3.73. The molecule has 1 aromatic rings. The van der Waals surface area contributed by atoms with Crippen LogP contribution in [-0.2, 0) is 11.3 Å². The lowest BCUT2D eigenvalue weighted by atomic mass is 10.3. The van der Waals surface area contributed by atoms with Crippen molar-refractivity contribution in [2.75, 3.05) is 13.7 Å². The predicted molar refractivity (Wildman–Crippen MR) is 65.3 cm³/mol. The van der Waals surface area contributed by atoms with Gasteiger partial charge in [0.15, 0.2) is 0 Å². The van der Waals surface area contributed by atoms with Gasteiger partial charge < -0.3 is 14.6 Å². The molecule has 0 bridgehead atoms. The molecule has 1 amide bonds. The molecule has 0 radical (unpaired) electrons. The van der Waals surface area contributed by atoms with Gasteiger partial charge in [-0.3, -0.25) is 9.59 Å². The highest BCUT2D eigenvalue weighted by molar-refractivity contribution is 5.75. The van der Waals surface area contributed by atoms with E-state index in [2.05, 4.69) is 5.32 Å². The molecular weight excluding hydrogens is 220 g/mol. The summed E-state index contributed by atoms with van der Waals surface area (Å²) in [6.07, 6.45) is 0.455. The quantitative estimate of drug-likeness (QED) is 0.821. The van der Waals surface area contributed by atoms with Gasteiger partial charge in [0.2, 0.25) is 5.91 Å². The van der Waals surface area contributed by atoms with Crippen LogP contribution < -0.4 is 15.6 Å². The van der Waals surface area contributed by atoms with Gasteiger partial charge in [0.25, 0.3) is 5.56 Å². The van der Waals surface area contributed by atoms with Crippen molar-refractivity contribution in [1.29, 1.82) is 0 Å². The van der Waals surface area contributed by atoms with E-state index in [0.29, 0.717) is 25.3 Å². The summed E-state index contributed by atoms with van der Waals surface area (Å²) >= 11 is 0. The maximum Gasteiger partial charge on any atom is 0.254 e. The number of amides is 1. The summed E-state index contributed by atoms with van der Waals surface area (Å²) in [4.78, 5) is 22.8. The third-order valence-corrected chi connectivity index (χ3v) is 2.52. The number of nitrogens with zero attached hydrogens (tertiary/aromatic N) is 1. The molecule has 0 saturated carbocycles. The lowest BCUT2D eigenvalue weighted by molar-refractivity contribution is -0.120. The van der Waals surface area contributed by atoms with Crippen LogP contribution in [0.5, 0.6) is 5.75 Å². The Bertz CT molecular complexity index is 452. The van der Waals surface area contributed by atoms with Crippen LogP contribution in [0.3, 0.4) is 0 Å². The lowest BCUT2D eigenvalue weighted by Gasteiger charge is -2.11. The minimum absolute atomic E-state index is 0.00999. The monoisotopic (exact) mass is 238 g/mol. The molecule has 5 nitrogen and oxygen atoms in total. The zero-order chi connectivity index (χ0) is 12.8. The molecule has 0 fully saturated rings. The molecule has 0 saturated heterocycles. The standard InChI is InChI=1S/C12H18N2O3/c1-4-11(15)13-5-6-14-9(2)7-10(17-3)8-12(14)16/h7-8H,4-6H2,1-3H3,(H,13,15). The summed E-state index contributed by atoms with van der Waals surface area (Å²) in [5, 5.41) is 2.73. The summed E-state index contributed by atoms with van der Waals surface area (Å²) < 4.78 is 6.62. The first-order chi connectivity index (χ1) is 8.08. The number of carbonyl (C=O) groups is 1.